The lowest BCUT2D eigenvalue weighted by molar-refractivity contribution is -0.124. The average Bonchev–Trinajstić information content (AvgIpc) is 2.72. The molecule has 6 nitrogen and oxygen atoms in total. The molecule has 1 amide bonds. The fourth-order valence-electron chi connectivity index (χ4n) is 2.72. The van der Waals surface area contributed by atoms with Gasteiger partial charge in [0.25, 0.3) is 5.91 Å². The molecule has 148 valence electrons. The van der Waals surface area contributed by atoms with Crippen LogP contribution in [0.15, 0.2) is 55.1 Å². The molecule has 0 aliphatic carbocycles. The fourth-order valence-corrected chi connectivity index (χ4v) is 2.72. The highest BCUT2D eigenvalue weighted by molar-refractivity contribution is 5.92. The molecule has 0 saturated heterocycles. The molecule has 0 heterocycles. The summed E-state index contributed by atoms with van der Waals surface area (Å²) in [6.07, 6.45) is 2.91. The Morgan fingerprint density at radius 1 is 1.11 bits per heavy atom. The summed E-state index contributed by atoms with van der Waals surface area (Å²) in [5.74, 6) is -0.000680. The van der Waals surface area contributed by atoms with Crippen LogP contribution in [0.3, 0.4) is 0 Å². The summed E-state index contributed by atoms with van der Waals surface area (Å²) >= 11 is 0. The minimum atomic E-state index is -0.607. The maximum atomic E-state index is 12.3. The van der Waals surface area contributed by atoms with Gasteiger partial charge in [-0.1, -0.05) is 36.4 Å². The van der Waals surface area contributed by atoms with Crippen LogP contribution >= 0.6 is 0 Å². The van der Waals surface area contributed by atoms with Gasteiger partial charge < -0.3 is 19.5 Å². The van der Waals surface area contributed by atoms with E-state index in [0.717, 1.165) is 11.1 Å². The minimum absolute atomic E-state index is 0.284. The molecule has 0 radical (unpaired) electrons. The summed E-state index contributed by atoms with van der Waals surface area (Å²) in [4.78, 5) is 24.3. The highest BCUT2D eigenvalue weighted by atomic mass is 16.5. The molecule has 0 saturated carbocycles. The molecule has 0 aliphatic heterocycles. The number of methoxy groups -OCH3 is 2. The summed E-state index contributed by atoms with van der Waals surface area (Å²) in [6.45, 7) is 3.83. The Hall–Kier alpha value is -3.28. The summed E-state index contributed by atoms with van der Waals surface area (Å²) in [5.41, 5.74) is 2.16. The van der Waals surface area contributed by atoms with Crippen molar-refractivity contribution in [2.24, 2.45) is 0 Å². The maximum Gasteiger partial charge on any atom is 0.338 e. The lowest BCUT2D eigenvalue weighted by Crippen LogP contribution is -2.30. The highest BCUT2D eigenvalue weighted by Gasteiger charge is 2.17. The zero-order chi connectivity index (χ0) is 20.4. The van der Waals surface area contributed by atoms with Crippen molar-refractivity contribution in [2.75, 3.05) is 27.4 Å². The molecule has 2 aromatic carbocycles. The van der Waals surface area contributed by atoms with Crippen molar-refractivity contribution in [2.45, 2.75) is 12.8 Å². The number of rotatable bonds is 10. The number of carbonyl (C=O) groups is 2. The van der Waals surface area contributed by atoms with Gasteiger partial charge in [0.15, 0.2) is 18.1 Å². The van der Waals surface area contributed by atoms with Crippen LogP contribution in [0.5, 0.6) is 11.5 Å². The molecule has 2 rings (SSSR count). The molecule has 2 aromatic rings. The lowest BCUT2D eigenvalue weighted by Gasteiger charge is -2.14. The second-order valence-corrected chi connectivity index (χ2v) is 6.03. The van der Waals surface area contributed by atoms with Crippen LogP contribution in [0.1, 0.15) is 21.5 Å². The van der Waals surface area contributed by atoms with E-state index in [1.807, 2.05) is 30.3 Å². The SMILES string of the molecule is C=CCc1cc(C(=O)OCC(=O)NCCc2ccccc2)cc(OC)c1OC. The molecule has 0 aromatic heterocycles. The molecule has 0 atom stereocenters. The Morgan fingerprint density at radius 3 is 2.50 bits per heavy atom. The Kier molecular flexibility index (Phi) is 8.09. The van der Waals surface area contributed by atoms with Gasteiger partial charge >= 0.3 is 5.97 Å². The minimum Gasteiger partial charge on any atom is -0.493 e. The number of amides is 1. The van der Waals surface area contributed by atoms with E-state index < -0.39 is 5.97 Å². The fraction of sp³-hybridized carbons (Fsp3) is 0.273. The van der Waals surface area contributed by atoms with Gasteiger partial charge in [0.1, 0.15) is 0 Å². The van der Waals surface area contributed by atoms with Crippen LogP contribution in [0.25, 0.3) is 0 Å². The van der Waals surface area contributed by atoms with Crippen molar-refractivity contribution in [3.05, 3.63) is 71.8 Å². The number of nitrogens with one attached hydrogen (secondary N) is 1. The third-order valence-corrected chi connectivity index (χ3v) is 4.07. The molecular formula is C22H25NO5. The molecule has 28 heavy (non-hydrogen) atoms. The maximum absolute atomic E-state index is 12.3. The smallest absolute Gasteiger partial charge is 0.338 e. The second-order valence-electron chi connectivity index (χ2n) is 6.03. The number of carbonyl (C=O) groups excluding carboxylic acids is 2. The van der Waals surface area contributed by atoms with E-state index in [1.165, 1.54) is 20.3 Å². The van der Waals surface area contributed by atoms with Gasteiger partial charge in [0.05, 0.1) is 19.8 Å². The average molecular weight is 383 g/mol. The van der Waals surface area contributed by atoms with Crippen LogP contribution in [-0.4, -0.2) is 39.2 Å². The topological polar surface area (TPSA) is 73.9 Å². The van der Waals surface area contributed by atoms with Crippen molar-refractivity contribution in [3.8, 4) is 11.5 Å². The number of hydrogen-bond donors (Lipinski definition) is 1. The summed E-state index contributed by atoms with van der Waals surface area (Å²) in [5, 5.41) is 2.74. The number of esters is 1. The molecule has 0 bridgehead atoms. The first-order valence-electron chi connectivity index (χ1n) is 8.92. The van der Waals surface area contributed by atoms with Gasteiger partial charge in [-0.3, -0.25) is 4.79 Å². The van der Waals surface area contributed by atoms with Gasteiger partial charge in [-0.2, -0.15) is 0 Å². The van der Waals surface area contributed by atoms with E-state index in [2.05, 4.69) is 11.9 Å². The third kappa shape index (κ3) is 5.87. The molecular weight excluding hydrogens is 358 g/mol. The zero-order valence-electron chi connectivity index (χ0n) is 16.2. The second kappa shape index (κ2) is 10.8. The van der Waals surface area contributed by atoms with Crippen LogP contribution in [0.2, 0.25) is 0 Å². The van der Waals surface area contributed by atoms with Gasteiger partial charge in [0.2, 0.25) is 0 Å². The molecule has 0 unspecified atom stereocenters. The van der Waals surface area contributed by atoms with Crippen LogP contribution in [0, 0.1) is 0 Å². The standard InChI is InChI=1S/C22H25NO5/c1-4-8-17-13-18(14-19(26-2)21(17)27-3)22(25)28-15-20(24)23-12-11-16-9-6-5-7-10-16/h4-7,9-10,13-14H,1,8,11-12,15H2,2-3H3,(H,23,24). The Bertz CT molecular complexity index is 817. The molecule has 0 fully saturated rings. The molecule has 6 heteroatoms. The first-order valence-corrected chi connectivity index (χ1v) is 8.92. The van der Waals surface area contributed by atoms with Gasteiger partial charge in [-0.25, -0.2) is 4.79 Å². The van der Waals surface area contributed by atoms with E-state index >= 15 is 0 Å². The first-order chi connectivity index (χ1) is 13.6. The molecule has 1 N–H and O–H groups in total. The Balaban J connectivity index is 1.92. The van der Waals surface area contributed by atoms with Gasteiger partial charge in [-0.15, -0.1) is 6.58 Å². The monoisotopic (exact) mass is 383 g/mol. The normalized spacial score (nSPS) is 10.1. The van der Waals surface area contributed by atoms with E-state index in [4.69, 9.17) is 14.2 Å². The van der Waals surface area contributed by atoms with E-state index in [9.17, 15) is 9.59 Å². The lowest BCUT2D eigenvalue weighted by atomic mass is 10.1. The van der Waals surface area contributed by atoms with Crippen LogP contribution in [0.4, 0.5) is 0 Å². The van der Waals surface area contributed by atoms with Crippen molar-refractivity contribution in [3.63, 3.8) is 0 Å². The Labute approximate surface area is 165 Å². The van der Waals surface area contributed by atoms with E-state index in [0.29, 0.717) is 30.9 Å². The van der Waals surface area contributed by atoms with Crippen molar-refractivity contribution in [1.29, 1.82) is 0 Å². The summed E-state index contributed by atoms with van der Waals surface area (Å²) in [6, 6.07) is 13.0. The highest BCUT2D eigenvalue weighted by Crippen LogP contribution is 2.33. The Morgan fingerprint density at radius 2 is 1.86 bits per heavy atom. The third-order valence-electron chi connectivity index (χ3n) is 4.07. The number of allylic oxidation sites excluding steroid dienone is 1. The van der Waals surface area contributed by atoms with Gasteiger partial charge in [0, 0.05) is 12.1 Å². The van der Waals surface area contributed by atoms with E-state index in [-0.39, 0.29) is 18.1 Å². The molecule has 0 spiro atoms. The van der Waals surface area contributed by atoms with E-state index in [1.54, 1.807) is 12.1 Å². The summed E-state index contributed by atoms with van der Waals surface area (Å²) in [7, 11) is 3.02. The largest absolute Gasteiger partial charge is 0.493 e. The van der Waals surface area contributed by atoms with Crippen molar-refractivity contribution < 1.29 is 23.8 Å². The molecule has 0 aliphatic rings. The van der Waals surface area contributed by atoms with Crippen molar-refractivity contribution >= 4 is 11.9 Å². The van der Waals surface area contributed by atoms with Crippen LogP contribution < -0.4 is 14.8 Å². The van der Waals surface area contributed by atoms with Crippen molar-refractivity contribution in [1.82, 2.24) is 5.32 Å². The van der Waals surface area contributed by atoms with Crippen LogP contribution in [-0.2, 0) is 22.4 Å². The number of ether oxygens (including phenoxy) is 3. The predicted octanol–water partition coefficient (Wildman–Crippen LogP) is 2.95. The number of hydrogen-bond acceptors (Lipinski definition) is 5. The quantitative estimate of drug-likeness (QED) is 0.504. The summed E-state index contributed by atoms with van der Waals surface area (Å²) < 4.78 is 15.8. The first kappa shape index (κ1) is 21.0. The predicted molar refractivity (Wildman–Crippen MR) is 107 cm³/mol. The zero-order valence-corrected chi connectivity index (χ0v) is 16.2. The van der Waals surface area contributed by atoms with Gasteiger partial charge in [-0.05, 0) is 30.5 Å². The number of benzene rings is 2.